The van der Waals surface area contributed by atoms with E-state index in [0.29, 0.717) is 11.3 Å². The van der Waals surface area contributed by atoms with Gasteiger partial charge in [0.05, 0.1) is 5.56 Å². The maximum absolute atomic E-state index is 12.6. The SMILES string of the molecule is Cc1oc2ncn(C)c(=O)c2c1C(=O)NC1CCN(C)CC1. The lowest BCUT2D eigenvalue weighted by atomic mass is 10.0. The molecule has 22 heavy (non-hydrogen) atoms. The number of hydrogen-bond donors (Lipinski definition) is 1. The van der Waals surface area contributed by atoms with Crippen LogP contribution in [0.4, 0.5) is 0 Å². The molecule has 0 spiro atoms. The van der Waals surface area contributed by atoms with Gasteiger partial charge in [-0.05, 0) is 39.9 Å². The van der Waals surface area contributed by atoms with Crippen LogP contribution in [0, 0.1) is 6.92 Å². The molecule has 0 unspecified atom stereocenters. The fourth-order valence-corrected chi connectivity index (χ4v) is 2.87. The second-order valence-electron chi connectivity index (χ2n) is 5.93. The fraction of sp³-hybridized carbons (Fsp3) is 0.533. The molecule has 1 amide bonds. The van der Waals surface area contributed by atoms with E-state index in [9.17, 15) is 9.59 Å². The summed E-state index contributed by atoms with van der Waals surface area (Å²) in [4.78, 5) is 31.2. The second-order valence-corrected chi connectivity index (χ2v) is 5.93. The minimum Gasteiger partial charge on any atom is -0.442 e. The highest BCUT2D eigenvalue weighted by atomic mass is 16.3. The van der Waals surface area contributed by atoms with Crippen molar-refractivity contribution in [2.24, 2.45) is 7.05 Å². The molecule has 3 heterocycles. The molecular formula is C15H20N4O3. The van der Waals surface area contributed by atoms with Gasteiger partial charge in [0.1, 0.15) is 17.5 Å². The van der Waals surface area contributed by atoms with Crippen LogP contribution in [0.2, 0.25) is 0 Å². The zero-order valence-corrected chi connectivity index (χ0v) is 13.0. The van der Waals surface area contributed by atoms with Crippen LogP contribution in [0.15, 0.2) is 15.5 Å². The number of fused-ring (bicyclic) bond motifs is 1. The predicted octanol–water partition coefficient (Wildman–Crippen LogP) is 0.659. The molecule has 1 fully saturated rings. The number of rotatable bonds is 2. The van der Waals surface area contributed by atoms with E-state index in [2.05, 4.69) is 22.2 Å². The standard InChI is InChI=1S/C15H20N4O3/c1-9-11(12-14(22-9)16-8-19(3)15(12)21)13(20)17-10-4-6-18(2)7-5-10/h8,10H,4-7H2,1-3H3,(H,17,20). The minimum atomic E-state index is -0.268. The molecule has 1 saturated heterocycles. The van der Waals surface area contributed by atoms with Crippen molar-refractivity contribution in [1.29, 1.82) is 0 Å². The lowest BCUT2D eigenvalue weighted by Gasteiger charge is -2.29. The third-order valence-electron chi connectivity index (χ3n) is 4.23. The molecule has 1 aliphatic heterocycles. The molecule has 2 aromatic heterocycles. The molecule has 3 rings (SSSR count). The molecule has 0 radical (unpaired) electrons. The quantitative estimate of drug-likeness (QED) is 0.881. The van der Waals surface area contributed by atoms with Crippen LogP contribution in [-0.4, -0.2) is 46.5 Å². The van der Waals surface area contributed by atoms with Gasteiger partial charge in [-0.1, -0.05) is 0 Å². The van der Waals surface area contributed by atoms with E-state index in [1.807, 2.05) is 0 Å². The van der Waals surface area contributed by atoms with Gasteiger partial charge in [-0.2, -0.15) is 0 Å². The molecule has 7 nitrogen and oxygen atoms in total. The van der Waals surface area contributed by atoms with Crippen molar-refractivity contribution in [3.05, 3.63) is 28.0 Å². The maximum atomic E-state index is 12.6. The summed E-state index contributed by atoms with van der Waals surface area (Å²) >= 11 is 0. The van der Waals surface area contributed by atoms with Crippen molar-refractivity contribution in [2.75, 3.05) is 20.1 Å². The molecule has 0 atom stereocenters. The van der Waals surface area contributed by atoms with Crippen LogP contribution in [0.25, 0.3) is 11.1 Å². The number of aromatic nitrogens is 2. The molecule has 118 valence electrons. The highest BCUT2D eigenvalue weighted by Gasteiger charge is 2.25. The molecule has 0 aliphatic carbocycles. The zero-order chi connectivity index (χ0) is 15.9. The van der Waals surface area contributed by atoms with Crippen molar-refractivity contribution in [3.8, 4) is 0 Å². The smallest absolute Gasteiger partial charge is 0.265 e. The minimum absolute atomic E-state index is 0.133. The van der Waals surface area contributed by atoms with Crippen LogP contribution < -0.4 is 10.9 Å². The molecule has 1 aliphatic rings. The summed E-state index contributed by atoms with van der Waals surface area (Å²) < 4.78 is 6.82. The van der Waals surface area contributed by atoms with Gasteiger partial charge in [-0.3, -0.25) is 9.59 Å². The first-order valence-corrected chi connectivity index (χ1v) is 7.41. The van der Waals surface area contributed by atoms with Crippen LogP contribution in [0.1, 0.15) is 29.0 Å². The number of furan rings is 1. The summed E-state index contributed by atoms with van der Waals surface area (Å²) in [5, 5.41) is 3.28. The van der Waals surface area contributed by atoms with Crippen molar-refractivity contribution in [2.45, 2.75) is 25.8 Å². The van der Waals surface area contributed by atoms with Gasteiger partial charge in [0.25, 0.3) is 11.5 Å². The van der Waals surface area contributed by atoms with E-state index in [1.54, 1.807) is 14.0 Å². The van der Waals surface area contributed by atoms with Gasteiger partial charge in [0.15, 0.2) is 0 Å². The van der Waals surface area contributed by atoms with E-state index in [4.69, 9.17) is 4.42 Å². The molecule has 0 saturated carbocycles. The first-order valence-electron chi connectivity index (χ1n) is 7.41. The van der Waals surface area contributed by atoms with Gasteiger partial charge in [-0.25, -0.2) is 4.98 Å². The third-order valence-corrected chi connectivity index (χ3v) is 4.23. The van der Waals surface area contributed by atoms with Gasteiger partial charge < -0.3 is 19.2 Å². The average Bonchev–Trinajstić information content (AvgIpc) is 2.82. The highest BCUT2D eigenvalue weighted by Crippen LogP contribution is 2.21. The first kappa shape index (κ1) is 14.8. The molecule has 7 heteroatoms. The van der Waals surface area contributed by atoms with E-state index in [0.717, 1.165) is 25.9 Å². The second kappa shape index (κ2) is 5.57. The van der Waals surface area contributed by atoms with Crippen molar-refractivity contribution in [3.63, 3.8) is 0 Å². The van der Waals surface area contributed by atoms with Crippen LogP contribution in [0.3, 0.4) is 0 Å². The number of amides is 1. The molecule has 1 N–H and O–H groups in total. The van der Waals surface area contributed by atoms with E-state index in [-0.39, 0.29) is 28.6 Å². The van der Waals surface area contributed by atoms with Crippen LogP contribution in [-0.2, 0) is 7.05 Å². The van der Waals surface area contributed by atoms with Crippen molar-refractivity contribution in [1.82, 2.24) is 19.8 Å². The van der Waals surface area contributed by atoms with Gasteiger partial charge in [-0.15, -0.1) is 0 Å². The highest BCUT2D eigenvalue weighted by molar-refractivity contribution is 6.06. The Hall–Kier alpha value is -2.15. The van der Waals surface area contributed by atoms with E-state index < -0.39 is 0 Å². The summed E-state index contributed by atoms with van der Waals surface area (Å²) in [7, 11) is 3.68. The Morgan fingerprint density at radius 1 is 1.36 bits per heavy atom. The Labute approximate surface area is 127 Å². The Morgan fingerprint density at radius 3 is 2.73 bits per heavy atom. The zero-order valence-electron chi connectivity index (χ0n) is 13.0. The van der Waals surface area contributed by atoms with E-state index in [1.165, 1.54) is 10.9 Å². The lowest BCUT2D eigenvalue weighted by molar-refractivity contribution is 0.0916. The molecule has 2 aromatic rings. The topological polar surface area (TPSA) is 80.4 Å². The van der Waals surface area contributed by atoms with Crippen molar-refractivity contribution < 1.29 is 9.21 Å². The number of hydrogen-bond acceptors (Lipinski definition) is 5. The third kappa shape index (κ3) is 2.52. The molecule has 0 aromatic carbocycles. The Balaban J connectivity index is 1.92. The number of nitrogens with one attached hydrogen (secondary N) is 1. The Bertz CT molecular complexity index is 769. The number of carbonyl (C=O) groups is 1. The monoisotopic (exact) mass is 304 g/mol. The Kier molecular flexibility index (Phi) is 3.74. The summed E-state index contributed by atoms with van der Waals surface area (Å²) in [6.07, 6.45) is 3.22. The normalized spacial score (nSPS) is 17.0. The fourth-order valence-electron chi connectivity index (χ4n) is 2.87. The number of piperidine rings is 1. The van der Waals surface area contributed by atoms with Gasteiger partial charge in [0, 0.05) is 13.1 Å². The van der Waals surface area contributed by atoms with Gasteiger partial charge in [0.2, 0.25) is 5.71 Å². The van der Waals surface area contributed by atoms with Gasteiger partial charge >= 0.3 is 0 Å². The lowest BCUT2D eigenvalue weighted by Crippen LogP contribution is -2.43. The summed E-state index contributed by atoms with van der Waals surface area (Å²) in [5.41, 5.74) is 0.257. The summed E-state index contributed by atoms with van der Waals surface area (Å²) in [5.74, 6) is 0.173. The number of likely N-dealkylation sites (tertiary alicyclic amines) is 1. The maximum Gasteiger partial charge on any atom is 0.265 e. The Morgan fingerprint density at radius 2 is 2.05 bits per heavy atom. The number of carbonyl (C=O) groups excluding carboxylic acids is 1. The number of aryl methyl sites for hydroxylation is 2. The summed E-state index contributed by atoms with van der Waals surface area (Å²) in [6, 6.07) is 0.133. The largest absolute Gasteiger partial charge is 0.442 e. The summed E-state index contributed by atoms with van der Waals surface area (Å²) in [6.45, 7) is 3.60. The van der Waals surface area contributed by atoms with Crippen molar-refractivity contribution >= 4 is 17.0 Å². The predicted molar refractivity (Wildman–Crippen MR) is 82.0 cm³/mol. The first-order chi connectivity index (χ1) is 10.5. The van der Waals surface area contributed by atoms with Crippen LogP contribution >= 0.6 is 0 Å². The van der Waals surface area contributed by atoms with Crippen LogP contribution in [0.5, 0.6) is 0 Å². The van der Waals surface area contributed by atoms with E-state index >= 15 is 0 Å². The number of nitrogens with zero attached hydrogens (tertiary/aromatic N) is 3. The average molecular weight is 304 g/mol. The molecular weight excluding hydrogens is 284 g/mol. The molecule has 0 bridgehead atoms.